The van der Waals surface area contributed by atoms with Gasteiger partial charge in [0, 0.05) is 13.1 Å². The lowest BCUT2D eigenvalue weighted by Gasteiger charge is -2.31. The third-order valence-electron chi connectivity index (χ3n) is 5.69. The maximum atomic E-state index is 13.5. The Balaban J connectivity index is 2.43. The summed E-state index contributed by atoms with van der Waals surface area (Å²) in [6.07, 6.45) is -2.45. The summed E-state index contributed by atoms with van der Waals surface area (Å²) in [5.74, 6) is -1.18. The molecule has 1 unspecified atom stereocenters. The molecule has 37 heavy (non-hydrogen) atoms. The molecule has 0 saturated heterocycles. The van der Waals surface area contributed by atoms with Crippen LogP contribution < -0.4 is 9.62 Å². The molecule has 204 valence electrons. The Kier molecular flexibility index (Phi) is 10.4. The number of halogens is 4. The van der Waals surface area contributed by atoms with Gasteiger partial charge in [0.2, 0.25) is 21.8 Å². The summed E-state index contributed by atoms with van der Waals surface area (Å²) >= 11 is 5.68. The van der Waals surface area contributed by atoms with Gasteiger partial charge in [0.25, 0.3) is 0 Å². The zero-order valence-electron chi connectivity index (χ0n) is 21.1. The van der Waals surface area contributed by atoms with Gasteiger partial charge >= 0.3 is 6.18 Å². The first kappa shape index (κ1) is 30.4. The van der Waals surface area contributed by atoms with E-state index in [1.165, 1.54) is 11.8 Å². The van der Waals surface area contributed by atoms with Crippen molar-refractivity contribution < 1.29 is 31.2 Å². The molecule has 2 aromatic carbocycles. The average molecular weight is 562 g/mol. The molecule has 0 fully saturated rings. The Bertz CT molecular complexity index is 1200. The predicted octanol–water partition coefficient (Wildman–Crippen LogP) is 4.77. The number of rotatable bonds is 11. The summed E-state index contributed by atoms with van der Waals surface area (Å²) in [5.41, 5.74) is 0.0817. The van der Waals surface area contributed by atoms with E-state index in [1.54, 1.807) is 12.1 Å². The van der Waals surface area contributed by atoms with Crippen molar-refractivity contribution in [2.24, 2.45) is 0 Å². The molecule has 0 saturated carbocycles. The number of anilines is 1. The van der Waals surface area contributed by atoms with Gasteiger partial charge in [-0.15, -0.1) is 0 Å². The van der Waals surface area contributed by atoms with Crippen molar-refractivity contribution in [3.05, 3.63) is 64.2 Å². The van der Waals surface area contributed by atoms with E-state index in [-0.39, 0.29) is 12.2 Å². The normalized spacial score (nSPS) is 12.6. The van der Waals surface area contributed by atoms with Crippen molar-refractivity contribution in [3.8, 4) is 0 Å². The van der Waals surface area contributed by atoms with Crippen LogP contribution in [0.25, 0.3) is 0 Å². The van der Waals surface area contributed by atoms with Gasteiger partial charge in [-0.3, -0.25) is 13.9 Å². The van der Waals surface area contributed by atoms with Gasteiger partial charge in [-0.25, -0.2) is 8.42 Å². The van der Waals surface area contributed by atoms with E-state index in [0.717, 1.165) is 36.8 Å². The minimum atomic E-state index is -4.83. The number of amides is 2. The van der Waals surface area contributed by atoms with Crippen LogP contribution in [0.15, 0.2) is 42.5 Å². The second-order valence-corrected chi connectivity index (χ2v) is 11.1. The molecule has 0 aromatic heterocycles. The van der Waals surface area contributed by atoms with Crippen molar-refractivity contribution in [1.29, 1.82) is 0 Å². The molecule has 1 atom stereocenters. The molecule has 2 amide bonds. The van der Waals surface area contributed by atoms with Crippen LogP contribution in [0.4, 0.5) is 18.9 Å². The molecular weight excluding hydrogens is 531 g/mol. The van der Waals surface area contributed by atoms with E-state index in [4.69, 9.17) is 11.6 Å². The fourth-order valence-corrected chi connectivity index (χ4v) is 4.57. The van der Waals surface area contributed by atoms with E-state index in [0.29, 0.717) is 22.5 Å². The number of unbranched alkanes of at least 4 members (excludes halogenated alkanes) is 1. The molecule has 1 N–H and O–H groups in total. The number of nitrogens with zero attached hydrogens (tertiary/aromatic N) is 2. The Morgan fingerprint density at radius 1 is 1.11 bits per heavy atom. The summed E-state index contributed by atoms with van der Waals surface area (Å²) in [7, 11) is -4.19. The topological polar surface area (TPSA) is 86.8 Å². The number of sulfonamides is 1. The second-order valence-electron chi connectivity index (χ2n) is 8.76. The van der Waals surface area contributed by atoms with E-state index in [1.807, 2.05) is 26.0 Å². The molecule has 0 bridgehead atoms. The van der Waals surface area contributed by atoms with Crippen LogP contribution in [0.2, 0.25) is 5.02 Å². The monoisotopic (exact) mass is 561 g/mol. The van der Waals surface area contributed by atoms with Crippen LogP contribution in [-0.2, 0) is 32.3 Å². The molecule has 2 rings (SSSR count). The first-order chi connectivity index (χ1) is 17.1. The van der Waals surface area contributed by atoms with Crippen LogP contribution in [0.3, 0.4) is 0 Å². The number of hydrogen-bond acceptors (Lipinski definition) is 4. The van der Waals surface area contributed by atoms with Gasteiger partial charge in [-0.1, -0.05) is 54.8 Å². The van der Waals surface area contributed by atoms with Gasteiger partial charge < -0.3 is 10.2 Å². The highest BCUT2D eigenvalue weighted by Gasteiger charge is 2.35. The summed E-state index contributed by atoms with van der Waals surface area (Å²) in [4.78, 5) is 27.5. The Labute approximate surface area is 220 Å². The van der Waals surface area contributed by atoms with Crippen LogP contribution in [-0.4, -0.2) is 50.5 Å². The molecule has 0 spiro atoms. The standard InChI is InChI=1S/C25H31ClF3N3O4S/c1-5-6-13-30-24(34)18(3)31(15-19-9-7-17(2)8-10-19)23(33)16-32(37(4,35)36)20-11-12-22(26)21(14-20)25(27,28)29/h7-12,14,18H,5-6,13,15-16H2,1-4H3,(H,30,34). The van der Waals surface area contributed by atoms with Crippen molar-refractivity contribution in [3.63, 3.8) is 0 Å². The fraction of sp³-hybridized carbons (Fsp3) is 0.440. The molecule has 7 nitrogen and oxygen atoms in total. The number of alkyl halides is 3. The van der Waals surface area contributed by atoms with Gasteiger partial charge in [-0.2, -0.15) is 13.2 Å². The third kappa shape index (κ3) is 8.63. The molecule has 0 heterocycles. The van der Waals surface area contributed by atoms with Crippen molar-refractivity contribution in [2.45, 2.75) is 52.4 Å². The number of carbonyl (C=O) groups is 2. The van der Waals surface area contributed by atoms with E-state index in [2.05, 4.69) is 5.32 Å². The summed E-state index contributed by atoms with van der Waals surface area (Å²) in [6.45, 7) is 4.96. The maximum absolute atomic E-state index is 13.5. The Morgan fingerprint density at radius 2 is 1.73 bits per heavy atom. The van der Waals surface area contributed by atoms with Crippen LogP contribution in [0, 0.1) is 6.92 Å². The minimum Gasteiger partial charge on any atom is -0.354 e. The molecule has 0 aliphatic carbocycles. The summed E-state index contributed by atoms with van der Waals surface area (Å²) in [6, 6.07) is 8.86. The first-order valence-electron chi connectivity index (χ1n) is 11.6. The average Bonchev–Trinajstić information content (AvgIpc) is 2.80. The predicted molar refractivity (Wildman–Crippen MR) is 138 cm³/mol. The highest BCUT2D eigenvalue weighted by molar-refractivity contribution is 7.92. The molecule has 0 aliphatic rings. The number of benzene rings is 2. The fourth-order valence-electron chi connectivity index (χ4n) is 3.51. The molecular formula is C25H31ClF3N3O4S. The molecule has 0 radical (unpaired) electrons. The molecule has 0 aliphatic heterocycles. The number of nitrogens with one attached hydrogen (secondary N) is 1. The first-order valence-corrected chi connectivity index (χ1v) is 13.8. The van der Waals surface area contributed by atoms with Gasteiger partial charge in [0.1, 0.15) is 12.6 Å². The van der Waals surface area contributed by atoms with Gasteiger partial charge in [-0.05, 0) is 44.0 Å². The lowest BCUT2D eigenvalue weighted by atomic mass is 10.1. The minimum absolute atomic E-state index is 0.00645. The Hall–Kier alpha value is -2.79. The summed E-state index contributed by atoms with van der Waals surface area (Å²) in [5, 5.41) is 2.15. The van der Waals surface area contributed by atoms with Gasteiger partial charge in [0.05, 0.1) is 22.5 Å². The number of aryl methyl sites for hydroxylation is 1. The number of hydrogen-bond donors (Lipinski definition) is 1. The van der Waals surface area contributed by atoms with E-state index in [9.17, 15) is 31.2 Å². The van der Waals surface area contributed by atoms with Crippen LogP contribution in [0.1, 0.15) is 43.4 Å². The maximum Gasteiger partial charge on any atom is 0.417 e. The zero-order valence-corrected chi connectivity index (χ0v) is 22.7. The van der Waals surface area contributed by atoms with Crippen LogP contribution in [0.5, 0.6) is 0 Å². The van der Waals surface area contributed by atoms with E-state index < -0.39 is 51.2 Å². The smallest absolute Gasteiger partial charge is 0.354 e. The molecule has 2 aromatic rings. The van der Waals surface area contributed by atoms with Crippen molar-refractivity contribution in [2.75, 3.05) is 23.7 Å². The van der Waals surface area contributed by atoms with Crippen molar-refractivity contribution >= 4 is 39.1 Å². The third-order valence-corrected chi connectivity index (χ3v) is 7.16. The SMILES string of the molecule is CCCCNC(=O)C(C)N(Cc1ccc(C)cc1)C(=O)CN(c1ccc(Cl)c(C(F)(F)F)c1)S(C)(=O)=O. The van der Waals surface area contributed by atoms with Gasteiger partial charge in [0.15, 0.2) is 0 Å². The highest BCUT2D eigenvalue weighted by atomic mass is 35.5. The highest BCUT2D eigenvalue weighted by Crippen LogP contribution is 2.37. The summed E-state index contributed by atoms with van der Waals surface area (Å²) < 4.78 is 65.9. The Morgan fingerprint density at radius 3 is 2.27 bits per heavy atom. The largest absolute Gasteiger partial charge is 0.417 e. The van der Waals surface area contributed by atoms with Crippen molar-refractivity contribution in [1.82, 2.24) is 10.2 Å². The number of carbonyl (C=O) groups excluding carboxylic acids is 2. The van der Waals surface area contributed by atoms with E-state index >= 15 is 0 Å². The second kappa shape index (κ2) is 12.6. The zero-order chi connectivity index (χ0) is 28.0. The quantitative estimate of drug-likeness (QED) is 0.401. The lowest BCUT2D eigenvalue weighted by molar-refractivity contribution is -0.139. The van der Waals surface area contributed by atoms with Crippen LogP contribution >= 0.6 is 11.6 Å². The lowest BCUT2D eigenvalue weighted by Crippen LogP contribution is -2.51. The molecule has 12 heteroatoms.